The molecule has 0 fully saturated rings. The molecule has 0 aromatic carbocycles. The molecule has 108 valence electrons. The van der Waals surface area contributed by atoms with Gasteiger partial charge in [-0.3, -0.25) is 4.79 Å². The van der Waals surface area contributed by atoms with Gasteiger partial charge in [0, 0.05) is 24.8 Å². The molecule has 1 unspecified atom stereocenters. The molecule has 0 aliphatic rings. The Balaban J connectivity index is 2.80. The molecule has 1 rings (SSSR count). The fraction of sp³-hybridized carbons (Fsp3) is 0.615. The van der Waals surface area contributed by atoms with Crippen molar-refractivity contribution < 1.29 is 13.2 Å². The van der Waals surface area contributed by atoms with Gasteiger partial charge in [0.2, 0.25) is 0 Å². The highest BCUT2D eigenvalue weighted by Crippen LogP contribution is 2.28. The van der Waals surface area contributed by atoms with Crippen LogP contribution >= 0.6 is 0 Å². The molecule has 3 nitrogen and oxygen atoms in total. The van der Waals surface area contributed by atoms with Crippen molar-refractivity contribution in [3.8, 4) is 0 Å². The molecular formula is C13H19F3N2O. The average molecular weight is 276 g/mol. The number of aromatic nitrogens is 1. The Bertz CT molecular complexity index is 466. The van der Waals surface area contributed by atoms with E-state index >= 15 is 0 Å². The molecule has 1 atom stereocenters. The Hall–Kier alpha value is -1.30. The summed E-state index contributed by atoms with van der Waals surface area (Å²) in [5, 5.41) is 3.19. The summed E-state index contributed by atoms with van der Waals surface area (Å²) >= 11 is 0. The average Bonchev–Trinajstić information content (AvgIpc) is 2.28. The number of rotatable bonds is 5. The highest BCUT2D eigenvalue weighted by molar-refractivity contribution is 5.13. The first kappa shape index (κ1) is 15.8. The molecule has 0 aliphatic heterocycles. The van der Waals surface area contributed by atoms with Crippen LogP contribution in [0, 0.1) is 5.92 Å². The number of alkyl halides is 3. The number of nitrogens with one attached hydrogen (secondary N) is 1. The van der Waals surface area contributed by atoms with Crippen molar-refractivity contribution in [3.05, 3.63) is 34.2 Å². The molecule has 1 N–H and O–H groups in total. The summed E-state index contributed by atoms with van der Waals surface area (Å²) in [7, 11) is 0. The van der Waals surface area contributed by atoms with Crippen molar-refractivity contribution in [2.45, 2.75) is 39.5 Å². The molecule has 0 radical (unpaired) electrons. The van der Waals surface area contributed by atoms with Crippen LogP contribution in [0.1, 0.15) is 26.3 Å². The summed E-state index contributed by atoms with van der Waals surface area (Å²) in [5.74, 6) is 0.0728. The number of hydrogen-bond donors (Lipinski definition) is 1. The van der Waals surface area contributed by atoms with Gasteiger partial charge in [0.15, 0.2) is 0 Å². The lowest BCUT2D eigenvalue weighted by molar-refractivity contribution is -0.138. The van der Waals surface area contributed by atoms with E-state index in [1.807, 2.05) is 20.8 Å². The minimum Gasteiger partial charge on any atom is -0.315 e. The molecule has 6 heteroatoms. The molecule has 1 aromatic rings. The Morgan fingerprint density at radius 1 is 1.26 bits per heavy atom. The van der Waals surface area contributed by atoms with Crippen LogP contribution < -0.4 is 10.9 Å². The molecule has 1 heterocycles. The van der Waals surface area contributed by atoms with Crippen LogP contribution in [0.15, 0.2) is 23.1 Å². The number of hydrogen-bond acceptors (Lipinski definition) is 2. The van der Waals surface area contributed by atoms with Gasteiger partial charge >= 0.3 is 6.18 Å². The number of nitrogens with zero attached hydrogens (tertiary/aromatic N) is 1. The number of pyridine rings is 1. The summed E-state index contributed by atoms with van der Waals surface area (Å²) in [5.41, 5.74) is -1.21. The van der Waals surface area contributed by atoms with E-state index in [9.17, 15) is 18.0 Å². The summed E-state index contributed by atoms with van der Waals surface area (Å²) < 4.78 is 38.8. The molecule has 0 saturated carbocycles. The van der Waals surface area contributed by atoms with Crippen LogP contribution in [0.5, 0.6) is 0 Å². The highest BCUT2D eigenvalue weighted by Gasteiger charge is 2.31. The summed E-state index contributed by atoms with van der Waals surface area (Å²) in [4.78, 5) is 11.5. The summed E-state index contributed by atoms with van der Waals surface area (Å²) in [6.45, 7) is 6.79. The summed E-state index contributed by atoms with van der Waals surface area (Å²) in [6, 6.07) is 2.09. The van der Waals surface area contributed by atoms with Gasteiger partial charge in [0.05, 0.1) is 5.56 Å². The third kappa shape index (κ3) is 5.06. The van der Waals surface area contributed by atoms with Crippen LogP contribution in [0.2, 0.25) is 0 Å². The molecule has 19 heavy (non-hydrogen) atoms. The fourth-order valence-electron chi connectivity index (χ4n) is 1.68. The lowest BCUT2D eigenvalue weighted by atomic mass is 10.1. The van der Waals surface area contributed by atoms with Crippen molar-refractivity contribution in [2.75, 3.05) is 6.54 Å². The van der Waals surface area contributed by atoms with Crippen LogP contribution in [-0.4, -0.2) is 17.2 Å². The SMILES string of the molecule is CC(CNC(C)C)Cn1cc(C(F)(F)F)ccc1=O. The fourth-order valence-corrected chi connectivity index (χ4v) is 1.68. The van der Waals surface area contributed by atoms with Gasteiger partial charge in [0.25, 0.3) is 5.56 Å². The van der Waals surface area contributed by atoms with Crippen molar-refractivity contribution in [1.29, 1.82) is 0 Å². The molecule has 1 aromatic heterocycles. The monoisotopic (exact) mass is 276 g/mol. The largest absolute Gasteiger partial charge is 0.417 e. The van der Waals surface area contributed by atoms with Crippen molar-refractivity contribution in [3.63, 3.8) is 0 Å². The Morgan fingerprint density at radius 2 is 1.89 bits per heavy atom. The third-order valence-corrected chi connectivity index (χ3v) is 2.69. The maximum Gasteiger partial charge on any atom is 0.417 e. The first-order valence-electron chi connectivity index (χ1n) is 6.21. The zero-order valence-corrected chi connectivity index (χ0v) is 11.3. The molecule has 0 aliphatic carbocycles. The van der Waals surface area contributed by atoms with Gasteiger partial charge in [-0.2, -0.15) is 13.2 Å². The minimum atomic E-state index is -4.42. The van der Waals surface area contributed by atoms with Crippen LogP contribution in [0.4, 0.5) is 13.2 Å². The van der Waals surface area contributed by atoms with Crippen molar-refractivity contribution in [1.82, 2.24) is 9.88 Å². The lowest BCUT2D eigenvalue weighted by Crippen LogP contribution is -2.32. The van der Waals surface area contributed by atoms with Gasteiger partial charge in [-0.1, -0.05) is 20.8 Å². The van der Waals surface area contributed by atoms with Gasteiger partial charge < -0.3 is 9.88 Å². The zero-order valence-electron chi connectivity index (χ0n) is 11.3. The maximum atomic E-state index is 12.6. The van der Waals surface area contributed by atoms with E-state index < -0.39 is 17.3 Å². The van der Waals surface area contributed by atoms with E-state index in [1.165, 1.54) is 0 Å². The normalized spacial score (nSPS) is 13.8. The van der Waals surface area contributed by atoms with E-state index in [2.05, 4.69) is 5.32 Å². The first-order chi connectivity index (χ1) is 8.70. The van der Waals surface area contributed by atoms with Crippen LogP contribution in [-0.2, 0) is 12.7 Å². The molecule has 0 amide bonds. The second-order valence-electron chi connectivity index (χ2n) is 5.07. The van der Waals surface area contributed by atoms with Crippen LogP contribution in [0.3, 0.4) is 0 Å². The second kappa shape index (κ2) is 6.23. The Morgan fingerprint density at radius 3 is 2.42 bits per heavy atom. The molecule has 0 bridgehead atoms. The third-order valence-electron chi connectivity index (χ3n) is 2.69. The Labute approximate surface area is 110 Å². The van der Waals surface area contributed by atoms with Gasteiger partial charge in [-0.05, 0) is 18.5 Å². The van der Waals surface area contributed by atoms with Crippen molar-refractivity contribution >= 4 is 0 Å². The van der Waals surface area contributed by atoms with Gasteiger partial charge in [-0.15, -0.1) is 0 Å². The maximum absolute atomic E-state index is 12.6. The summed E-state index contributed by atoms with van der Waals surface area (Å²) in [6.07, 6.45) is -3.54. The molecular weight excluding hydrogens is 257 g/mol. The van der Waals surface area contributed by atoms with E-state index in [4.69, 9.17) is 0 Å². The minimum absolute atomic E-state index is 0.0728. The van der Waals surface area contributed by atoms with Crippen molar-refractivity contribution in [2.24, 2.45) is 5.92 Å². The van der Waals surface area contributed by atoms with Crippen LogP contribution in [0.25, 0.3) is 0 Å². The number of halogens is 3. The molecule has 0 saturated heterocycles. The van der Waals surface area contributed by atoms with E-state index in [0.717, 1.165) is 22.9 Å². The predicted molar refractivity (Wildman–Crippen MR) is 68.0 cm³/mol. The van der Waals surface area contributed by atoms with E-state index in [0.29, 0.717) is 12.6 Å². The quantitative estimate of drug-likeness (QED) is 0.896. The second-order valence-corrected chi connectivity index (χ2v) is 5.07. The topological polar surface area (TPSA) is 34.0 Å². The lowest BCUT2D eigenvalue weighted by Gasteiger charge is -2.17. The zero-order chi connectivity index (χ0) is 14.6. The van der Waals surface area contributed by atoms with Gasteiger partial charge in [-0.25, -0.2) is 0 Å². The van der Waals surface area contributed by atoms with Gasteiger partial charge in [0.1, 0.15) is 0 Å². The first-order valence-corrected chi connectivity index (χ1v) is 6.21. The standard InChI is InChI=1S/C13H19F3N2O/c1-9(2)17-6-10(3)7-18-8-11(13(14,15)16)4-5-12(18)19/h4-5,8-10,17H,6-7H2,1-3H3. The molecule has 0 spiro atoms. The smallest absolute Gasteiger partial charge is 0.315 e. The van der Waals surface area contributed by atoms with E-state index in [-0.39, 0.29) is 12.5 Å². The predicted octanol–water partition coefficient (Wildman–Crippen LogP) is 2.50. The van der Waals surface area contributed by atoms with E-state index in [1.54, 1.807) is 0 Å². The highest BCUT2D eigenvalue weighted by atomic mass is 19.4. The Kier molecular flexibility index (Phi) is 5.17.